The van der Waals surface area contributed by atoms with E-state index in [0.717, 1.165) is 25.9 Å². The van der Waals surface area contributed by atoms with Gasteiger partial charge >= 0.3 is 0 Å². The molecule has 17 heavy (non-hydrogen) atoms. The zero-order valence-electron chi connectivity index (χ0n) is 11.4. The highest BCUT2D eigenvalue weighted by Crippen LogP contribution is 1.95. The van der Waals surface area contributed by atoms with Crippen LogP contribution in [0.5, 0.6) is 0 Å². The summed E-state index contributed by atoms with van der Waals surface area (Å²) in [5.74, 6) is 4.03. The fourth-order valence-electron chi connectivity index (χ4n) is 0.993. The largest absolute Gasteiger partial charge is 0.366 e. The summed E-state index contributed by atoms with van der Waals surface area (Å²) < 4.78 is 28.4. The Hall–Kier alpha value is -0.660. The molecule has 0 heterocycles. The molecule has 0 aromatic carbocycles. The zero-order valence-corrected chi connectivity index (χ0v) is 11.4. The maximum Gasteiger partial charge on any atom is 0.298 e. The van der Waals surface area contributed by atoms with Gasteiger partial charge in [0.25, 0.3) is 6.43 Å². The number of halogens is 2. The average Bonchev–Trinajstić information content (AvgIpc) is 2.33. The Kier molecular flexibility index (Phi) is 16.9. The van der Waals surface area contributed by atoms with Gasteiger partial charge in [-0.05, 0) is 38.8 Å². The minimum absolute atomic E-state index is 0.0568. The third kappa shape index (κ3) is 17.9. The van der Waals surface area contributed by atoms with E-state index in [0.29, 0.717) is 0 Å². The minimum Gasteiger partial charge on any atom is -0.366 e. The molecule has 0 aromatic rings. The predicted molar refractivity (Wildman–Crippen MR) is 68.3 cm³/mol. The van der Waals surface area contributed by atoms with Gasteiger partial charge < -0.3 is 10.1 Å². The number of hydrogen-bond donors (Lipinski definition) is 1. The van der Waals surface area contributed by atoms with Gasteiger partial charge in [-0.25, -0.2) is 0 Å². The first-order valence-electron chi connectivity index (χ1n) is 6.25. The number of ether oxygens (including phenoxy) is 1. The second kappa shape index (κ2) is 15.3. The molecule has 0 aromatic heterocycles. The lowest BCUT2D eigenvalue weighted by Crippen LogP contribution is -2.21. The van der Waals surface area contributed by atoms with Gasteiger partial charge in [-0.1, -0.05) is 26.7 Å². The van der Waals surface area contributed by atoms with E-state index < -0.39 is 6.43 Å². The smallest absolute Gasteiger partial charge is 0.298 e. The van der Waals surface area contributed by atoms with Crippen molar-refractivity contribution in [3.8, 4) is 11.8 Å². The zero-order chi connectivity index (χ0) is 13.5. The first-order chi connectivity index (χ1) is 8.16. The lowest BCUT2D eigenvalue weighted by atomic mass is 10.3. The molecule has 0 rings (SSSR count). The van der Waals surface area contributed by atoms with Crippen LogP contribution < -0.4 is 5.32 Å². The number of alkyl halides is 2. The summed E-state index contributed by atoms with van der Waals surface area (Å²) in [4.78, 5) is 0. The van der Waals surface area contributed by atoms with Gasteiger partial charge in [0.2, 0.25) is 0 Å². The van der Waals surface area contributed by atoms with Gasteiger partial charge in [0, 0.05) is 0 Å². The van der Waals surface area contributed by atoms with Crippen molar-refractivity contribution in [1.82, 2.24) is 5.32 Å². The summed E-state index contributed by atoms with van der Waals surface area (Å²) in [6, 6.07) is 0. The predicted octanol–water partition coefficient (Wildman–Crippen LogP) is 3.08. The van der Waals surface area contributed by atoms with E-state index >= 15 is 0 Å². The Morgan fingerprint density at radius 2 is 1.88 bits per heavy atom. The Balaban J connectivity index is 0. The van der Waals surface area contributed by atoms with Crippen LogP contribution >= 0.6 is 0 Å². The van der Waals surface area contributed by atoms with Gasteiger partial charge in [-0.2, -0.15) is 8.78 Å². The Morgan fingerprint density at radius 3 is 2.41 bits per heavy atom. The van der Waals surface area contributed by atoms with E-state index in [4.69, 9.17) is 4.74 Å². The summed E-state index contributed by atoms with van der Waals surface area (Å²) in [6.07, 6.45) is -0.526. The van der Waals surface area contributed by atoms with Crippen LogP contribution in [-0.2, 0) is 4.74 Å². The molecule has 0 aliphatic carbocycles. The van der Waals surface area contributed by atoms with Crippen LogP contribution in [0.1, 0.15) is 40.5 Å². The van der Waals surface area contributed by atoms with Crippen molar-refractivity contribution in [3.05, 3.63) is 0 Å². The Labute approximate surface area is 104 Å². The van der Waals surface area contributed by atoms with Crippen molar-refractivity contribution >= 4 is 0 Å². The van der Waals surface area contributed by atoms with E-state index in [-0.39, 0.29) is 12.7 Å². The molecule has 0 saturated heterocycles. The average molecular weight is 249 g/mol. The summed E-state index contributed by atoms with van der Waals surface area (Å²) in [5, 5.41) is 3.24. The molecule has 1 N–H and O–H groups in total. The van der Waals surface area contributed by atoms with Crippen LogP contribution in [0.25, 0.3) is 0 Å². The molecule has 0 amide bonds. The number of nitrogens with one attached hydrogen (secondary N) is 1. The molecular weight excluding hydrogens is 224 g/mol. The van der Waals surface area contributed by atoms with Crippen molar-refractivity contribution < 1.29 is 13.5 Å². The van der Waals surface area contributed by atoms with E-state index in [2.05, 4.69) is 18.2 Å². The molecule has 1 atom stereocenters. The maximum absolute atomic E-state index is 11.6. The van der Waals surface area contributed by atoms with Crippen LogP contribution in [-0.4, -0.2) is 32.2 Å². The third-order valence-electron chi connectivity index (χ3n) is 1.81. The molecule has 4 heteroatoms. The fraction of sp³-hybridized carbons (Fsp3) is 0.846. The topological polar surface area (TPSA) is 21.3 Å². The van der Waals surface area contributed by atoms with Gasteiger partial charge in [0.05, 0.1) is 6.10 Å². The molecule has 0 radical (unpaired) electrons. The fourth-order valence-corrected chi connectivity index (χ4v) is 0.993. The van der Waals surface area contributed by atoms with Crippen molar-refractivity contribution in [1.29, 1.82) is 0 Å². The lowest BCUT2D eigenvalue weighted by Gasteiger charge is -2.10. The van der Waals surface area contributed by atoms with Crippen LogP contribution in [0.2, 0.25) is 0 Å². The molecule has 1 unspecified atom stereocenters. The van der Waals surface area contributed by atoms with Crippen LogP contribution in [0.4, 0.5) is 8.78 Å². The van der Waals surface area contributed by atoms with Gasteiger partial charge in [0.1, 0.15) is 6.61 Å². The number of hydrogen-bond acceptors (Lipinski definition) is 2. The summed E-state index contributed by atoms with van der Waals surface area (Å²) in [5.41, 5.74) is 0. The first-order valence-corrected chi connectivity index (χ1v) is 6.25. The van der Waals surface area contributed by atoms with E-state index in [1.807, 2.05) is 20.8 Å². The van der Waals surface area contributed by atoms with Gasteiger partial charge in [-0.3, -0.25) is 0 Å². The molecule has 0 spiro atoms. The second-order valence-electron chi connectivity index (χ2n) is 3.28. The molecule has 0 aliphatic heterocycles. The van der Waals surface area contributed by atoms with Crippen LogP contribution in [0.3, 0.4) is 0 Å². The Morgan fingerprint density at radius 1 is 1.24 bits per heavy atom. The monoisotopic (exact) mass is 249 g/mol. The van der Waals surface area contributed by atoms with E-state index in [1.54, 1.807) is 5.92 Å². The highest BCUT2D eigenvalue weighted by atomic mass is 19.3. The van der Waals surface area contributed by atoms with Crippen molar-refractivity contribution in [2.24, 2.45) is 0 Å². The standard InChI is InChI=1S/C11H19F2NO.C2H6/c1-3-7-14-8-6-10(2)15-9-4-5-11(12)13;1-2/h10-11,14H,3,6-9H2,1-2H3;1-2H3. The molecule has 102 valence electrons. The molecule has 2 nitrogen and oxygen atoms in total. The number of rotatable bonds is 7. The molecule has 0 bridgehead atoms. The highest BCUT2D eigenvalue weighted by Gasteiger charge is 2.00. The molecule has 0 aliphatic rings. The van der Waals surface area contributed by atoms with Crippen LogP contribution in [0, 0.1) is 11.8 Å². The van der Waals surface area contributed by atoms with E-state index in [9.17, 15) is 8.78 Å². The van der Waals surface area contributed by atoms with E-state index in [1.165, 1.54) is 0 Å². The molecule has 0 fully saturated rings. The van der Waals surface area contributed by atoms with Crippen molar-refractivity contribution in [2.75, 3.05) is 19.7 Å². The van der Waals surface area contributed by atoms with Crippen LogP contribution in [0.15, 0.2) is 0 Å². The van der Waals surface area contributed by atoms with Crippen molar-refractivity contribution in [2.45, 2.75) is 53.1 Å². The summed E-state index contributed by atoms with van der Waals surface area (Å²) in [7, 11) is 0. The summed E-state index contributed by atoms with van der Waals surface area (Å²) in [6.45, 7) is 9.99. The maximum atomic E-state index is 11.6. The Bertz CT molecular complexity index is 199. The van der Waals surface area contributed by atoms with Gasteiger partial charge in [-0.15, -0.1) is 0 Å². The lowest BCUT2D eigenvalue weighted by molar-refractivity contribution is 0.0854. The molecule has 0 saturated carbocycles. The summed E-state index contributed by atoms with van der Waals surface area (Å²) >= 11 is 0. The minimum atomic E-state index is -2.56. The van der Waals surface area contributed by atoms with Gasteiger partial charge in [0.15, 0.2) is 0 Å². The SMILES string of the molecule is CC.CCCNCCC(C)OCC#CC(F)F. The first kappa shape index (κ1) is 18.7. The van der Waals surface area contributed by atoms with Crippen molar-refractivity contribution in [3.63, 3.8) is 0 Å². The second-order valence-corrected chi connectivity index (χ2v) is 3.28. The quantitative estimate of drug-likeness (QED) is 0.553. The molecular formula is C13H25F2NO. The normalized spacial score (nSPS) is 11.2. The highest BCUT2D eigenvalue weighted by molar-refractivity contribution is 5.01. The third-order valence-corrected chi connectivity index (χ3v) is 1.81.